The number of Topliss-reactive ketones (excluding diaryl/α,β-unsaturated/α-hetero) is 1. The van der Waals surface area contributed by atoms with Crippen molar-refractivity contribution < 1.29 is 14.3 Å². The molecular weight excluding hydrogens is 530 g/mol. The van der Waals surface area contributed by atoms with Crippen molar-refractivity contribution in [1.29, 1.82) is 0 Å². The fourth-order valence-corrected chi connectivity index (χ4v) is 5.14. The van der Waals surface area contributed by atoms with Crippen LogP contribution in [0.15, 0.2) is 70.3 Å². The number of amides is 2. The van der Waals surface area contributed by atoms with Crippen LogP contribution in [0, 0.1) is 0 Å². The molecule has 0 aliphatic carbocycles. The molecule has 10 nitrogen and oxygen atoms in total. The molecule has 2 aliphatic heterocycles. The number of benzene rings is 2. The lowest BCUT2D eigenvalue weighted by Gasteiger charge is -2.36. The molecule has 0 saturated carbocycles. The quantitative estimate of drug-likeness (QED) is 0.161. The van der Waals surface area contributed by atoms with Gasteiger partial charge in [0.25, 0.3) is 0 Å². The maximum Gasteiger partial charge on any atom is 0.321 e. The third kappa shape index (κ3) is 9.17. The van der Waals surface area contributed by atoms with Crippen LogP contribution in [-0.2, 0) is 0 Å². The number of amidine groups is 1. The first-order chi connectivity index (χ1) is 20.4. The molecule has 2 amide bonds. The third-order valence-electron chi connectivity index (χ3n) is 7.50. The molecule has 0 radical (unpaired) electrons. The number of carbonyl (C=O) groups excluding carboxylic acids is 2. The van der Waals surface area contributed by atoms with E-state index in [4.69, 9.17) is 9.73 Å². The summed E-state index contributed by atoms with van der Waals surface area (Å²) >= 11 is 0. The Kier molecular flexibility index (Phi) is 11.5. The van der Waals surface area contributed by atoms with E-state index in [0.717, 1.165) is 42.4 Å². The van der Waals surface area contributed by atoms with Gasteiger partial charge in [-0.05, 0) is 101 Å². The van der Waals surface area contributed by atoms with Gasteiger partial charge < -0.3 is 30.1 Å². The summed E-state index contributed by atoms with van der Waals surface area (Å²) in [4.78, 5) is 39.5. The predicted octanol–water partition coefficient (Wildman–Crippen LogP) is 4.98. The molecular formula is C32H43N7O3. The van der Waals surface area contributed by atoms with Gasteiger partial charge in [-0.15, -0.1) is 0 Å². The Hall–Kier alpha value is -4.18. The van der Waals surface area contributed by atoms with Gasteiger partial charge in [-0.1, -0.05) is 0 Å². The summed E-state index contributed by atoms with van der Waals surface area (Å²) in [5, 5.41) is 6.28. The van der Waals surface area contributed by atoms with Crippen LogP contribution >= 0.6 is 0 Å². The molecule has 0 aromatic heterocycles. The Morgan fingerprint density at radius 3 is 2.19 bits per heavy atom. The number of hydrogen-bond donors (Lipinski definition) is 2. The normalized spacial score (nSPS) is 16.3. The number of rotatable bonds is 12. The molecule has 0 atom stereocenters. The average molecular weight is 574 g/mol. The highest BCUT2D eigenvalue weighted by Crippen LogP contribution is 2.17. The maximum absolute atomic E-state index is 12.8. The van der Waals surface area contributed by atoms with Gasteiger partial charge in [-0.25, -0.2) is 9.79 Å². The second-order valence-corrected chi connectivity index (χ2v) is 10.6. The minimum absolute atomic E-state index is 0.00548. The number of carbonyl (C=O) groups is 2. The van der Waals surface area contributed by atoms with Crippen molar-refractivity contribution in [1.82, 2.24) is 14.7 Å². The highest BCUT2D eigenvalue weighted by molar-refractivity contribution is 5.98. The topological polar surface area (TPSA) is 102 Å². The Balaban J connectivity index is 1.25. The fraction of sp³-hybridized carbons (Fsp3) is 0.438. The fourth-order valence-electron chi connectivity index (χ4n) is 5.14. The number of piperazine rings is 1. The maximum atomic E-state index is 12.8. The van der Waals surface area contributed by atoms with Gasteiger partial charge in [0.1, 0.15) is 18.3 Å². The molecule has 0 bridgehead atoms. The minimum atomic E-state index is -0.163. The van der Waals surface area contributed by atoms with Crippen LogP contribution < -0.4 is 15.4 Å². The smallest absolute Gasteiger partial charge is 0.321 e. The monoisotopic (exact) mass is 573 g/mol. The second-order valence-electron chi connectivity index (χ2n) is 10.6. The van der Waals surface area contributed by atoms with E-state index >= 15 is 0 Å². The first-order valence-electron chi connectivity index (χ1n) is 14.7. The van der Waals surface area contributed by atoms with Crippen molar-refractivity contribution in [3.8, 4) is 5.75 Å². The lowest BCUT2D eigenvalue weighted by Crippen LogP contribution is -2.52. The van der Waals surface area contributed by atoms with Crippen molar-refractivity contribution in [2.75, 3.05) is 69.7 Å². The molecule has 4 rings (SSSR count). The summed E-state index contributed by atoms with van der Waals surface area (Å²) in [5.41, 5.74) is 3.15. The van der Waals surface area contributed by atoms with E-state index in [1.807, 2.05) is 31.2 Å². The van der Waals surface area contributed by atoms with Crippen LogP contribution in [0.4, 0.5) is 16.2 Å². The first kappa shape index (κ1) is 30.8. The van der Waals surface area contributed by atoms with Crippen molar-refractivity contribution in [3.63, 3.8) is 0 Å². The van der Waals surface area contributed by atoms with Gasteiger partial charge in [0.05, 0.1) is 6.61 Å². The Morgan fingerprint density at radius 1 is 0.905 bits per heavy atom. The summed E-state index contributed by atoms with van der Waals surface area (Å²) in [5.74, 6) is 1.69. The number of likely N-dealkylation sites (tertiary alicyclic amines) is 1. The zero-order chi connectivity index (χ0) is 29.7. The van der Waals surface area contributed by atoms with Crippen LogP contribution in [0.1, 0.15) is 43.5 Å². The Labute approximate surface area is 249 Å². The van der Waals surface area contributed by atoms with Crippen molar-refractivity contribution in [2.24, 2.45) is 9.98 Å². The number of hydrogen-bond acceptors (Lipinski definition) is 7. The molecule has 2 aliphatic rings. The van der Waals surface area contributed by atoms with Crippen molar-refractivity contribution in [2.45, 2.75) is 33.1 Å². The number of urea groups is 1. The SMILES string of the molecule is C=N/C=C(C)\C(=N/CNc1ccc(OCCCN2CCCC2)cc1)N1CCN(C(=O)Nc2ccc(C(C)=O)cc2)CC1. The van der Waals surface area contributed by atoms with Gasteiger partial charge >= 0.3 is 6.03 Å². The number of nitrogens with zero attached hydrogens (tertiary/aromatic N) is 5. The number of aliphatic imine (C=N–C) groups is 2. The molecule has 2 N–H and O–H groups in total. The van der Waals surface area contributed by atoms with Gasteiger partial charge in [0.2, 0.25) is 0 Å². The van der Waals surface area contributed by atoms with E-state index in [-0.39, 0.29) is 11.8 Å². The molecule has 10 heteroatoms. The zero-order valence-electron chi connectivity index (χ0n) is 24.8. The lowest BCUT2D eigenvalue weighted by molar-refractivity contribution is 0.101. The van der Waals surface area contributed by atoms with Gasteiger partial charge in [0, 0.05) is 61.4 Å². The molecule has 2 saturated heterocycles. The van der Waals surface area contributed by atoms with E-state index in [9.17, 15) is 9.59 Å². The zero-order valence-corrected chi connectivity index (χ0v) is 24.8. The van der Waals surface area contributed by atoms with Crippen LogP contribution in [0.3, 0.4) is 0 Å². The Morgan fingerprint density at radius 2 is 1.55 bits per heavy atom. The van der Waals surface area contributed by atoms with E-state index in [2.05, 4.69) is 32.1 Å². The minimum Gasteiger partial charge on any atom is -0.494 e. The second kappa shape index (κ2) is 15.7. The summed E-state index contributed by atoms with van der Waals surface area (Å²) in [6.45, 7) is 14.1. The lowest BCUT2D eigenvalue weighted by atomic mass is 10.1. The van der Waals surface area contributed by atoms with Crippen molar-refractivity contribution >= 4 is 35.7 Å². The highest BCUT2D eigenvalue weighted by Gasteiger charge is 2.24. The number of anilines is 2. The summed E-state index contributed by atoms with van der Waals surface area (Å²) in [6, 6.07) is 14.7. The van der Waals surface area contributed by atoms with E-state index < -0.39 is 0 Å². The van der Waals surface area contributed by atoms with Gasteiger partial charge in [-0.3, -0.25) is 9.79 Å². The Bertz CT molecular complexity index is 1240. The predicted molar refractivity (Wildman–Crippen MR) is 170 cm³/mol. The van der Waals surface area contributed by atoms with Crippen LogP contribution in [-0.4, -0.2) is 98.2 Å². The molecule has 2 aromatic rings. The number of nitrogens with one attached hydrogen (secondary N) is 2. The molecule has 2 fully saturated rings. The number of ether oxygens (including phenoxy) is 1. The summed E-state index contributed by atoms with van der Waals surface area (Å²) < 4.78 is 5.92. The molecule has 224 valence electrons. The molecule has 2 aromatic carbocycles. The molecule has 0 unspecified atom stereocenters. The standard InChI is InChI=1S/C32H43N7O3/c1-25(23-33-3)31(35-24-34-28-11-13-30(14-12-28)42-22-6-17-37-15-4-5-16-37)38-18-20-39(21-19-38)32(41)36-29-9-7-27(8-10-29)26(2)40/h7-14,23,34H,3-6,15-22,24H2,1-2H3,(H,36,41)/b25-23-,35-31+. The van der Waals surface area contributed by atoms with Gasteiger partial charge in [0.15, 0.2) is 5.78 Å². The number of ketones is 1. The largest absolute Gasteiger partial charge is 0.494 e. The average Bonchev–Trinajstić information content (AvgIpc) is 3.52. The summed E-state index contributed by atoms with van der Waals surface area (Å²) in [7, 11) is 0. The van der Waals surface area contributed by atoms with Crippen LogP contribution in [0.2, 0.25) is 0 Å². The van der Waals surface area contributed by atoms with E-state index in [1.165, 1.54) is 32.9 Å². The summed E-state index contributed by atoms with van der Waals surface area (Å²) in [6.07, 6.45) is 5.38. The highest BCUT2D eigenvalue weighted by atomic mass is 16.5. The molecule has 42 heavy (non-hydrogen) atoms. The van der Waals surface area contributed by atoms with Gasteiger partial charge in [-0.2, -0.15) is 0 Å². The molecule has 2 heterocycles. The van der Waals surface area contributed by atoms with Crippen LogP contribution in [0.5, 0.6) is 5.75 Å². The molecule has 0 spiro atoms. The first-order valence-corrected chi connectivity index (χ1v) is 14.7. The van der Waals surface area contributed by atoms with Crippen LogP contribution in [0.25, 0.3) is 0 Å². The van der Waals surface area contributed by atoms with E-state index in [0.29, 0.717) is 44.1 Å². The third-order valence-corrected chi connectivity index (χ3v) is 7.50. The van der Waals surface area contributed by atoms with E-state index in [1.54, 1.807) is 35.4 Å². The van der Waals surface area contributed by atoms with Crippen molar-refractivity contribution in [3.05, 3.63) is 65.9 Å².